The lowest BCUT2D eigenvalue weighted by molar-refractivity contribution is 0.116. The summed E-state index contributed by atoms with van der Waals surface area (Å²) in [6.07, 6.45) is 2.11. The van der Waals surface area contributed by atoms with E-state index in [1.807, 2.05) is 0 Å². The van der Waals surface area contributed by atoms with E-state index in [-0.39, 0.29) is 17.6 Å². The lowest BCUT2D eigenvalue weighted by Gasteiger charge is -2.28. The van der Waals surface area contributed by atoms with Gasteiger partial charge in [-0.15, -0.1) is 0 Å². The van der Waals surface area contributed by atoms with Crippen molar-refractivity contribution in [2.45, 2.75) is 51.6 Å². The van der Waals surface area contributed by atoms with E-state index in [9.17, 15) is 13.2 Å². The highest BCUT2D eigenvalue weighted by Gasteiger charge is 2.40. The van der Waals surface area contributed by atoms with Crippen LogP contribution in [-0.2, 0) is 21.2 Å². The standard InChI is InChI=1S/C21H27FN2O4S/c1-4-29(26,27)23-17-9-13-24(20(25)28-3)18(17)14-16-7-5-6-15(19(16)22)8-10-21(2)11-12-21/h5-7,17-18,23H,4,9,11-14H2,1-3H3. The Bertz CT molecular complexity index is 947. The highest BCUT2D eigenvalue weighted by atomic mass is 32.2. The quantitative estimate of drug-likeness (QED) is 0.741. The van der Waals surface area contributed by atoms with Crippen molar-refractivity contribution in [2.75, 3.05) is 19.4 Å². The molecule has 158 valence electrons. The van der Waals surface area contributed by atoms with Gasteiger partial charge in [0, 0.05) is 18.0 Å². The molecule has 1 amide bonds. The van der Waals surface area contributed by atoms with Crippen LogP contribution in [0.2, 0.25) is 0 Å². The molecule has 3 rings (SSSR count). The summed E-state index contributed by atoms with van der Waals surface area (Å²) in [5.74, 6) is 5.59. The number of likely N-dealkylation sites (tertiary alicyclic amines) is 1. The average Bonchev–Trinajstić information content (AvgIpc) is 3.31. The van der Waals surface area contributed by atoms with Crippen LogP contribution in [0.4, 0.5) is 9.18 Å². The second-order valence-corrected chi connectivity index (χ2v) is 9.98. The van der Waals surface area contributed by atoms with Crippen LogP contribution in [0, 0.1) is 23.1 Å². The Kier molecular flexibility index (Phi) is 6.20. The molecule has 1 saturated heterocycles. The van der Waals surface area contributed by atoms with Crippen molar-refractivity contribution in [1.82, 2.24) is 9.62 Å². The molecule has 6 nitrogen and oxygen atoms in total. The van der Waals surface area contributed by atoms with Gasteiger partial charge in [-0.3, -0.25) is 0 Å². The van der Waals surface area contributed by atoms with Crippen LogP contribution >= 0.6 is 0 Å². The molecule has 1 aliphatic heterocycles. The normalized spacial score (nSPS) is 22.7. The molecular weight excluding hydrogens is 395 g/mol. The van der Waals surface area contributed by atoms with Gasteiger partial charge in [-0.05, 0) is 51.2 Å². The summed E-state index contributed by atoms with van der Waals surface area (Å²) >= 11 is 0. The number of sulfonamides is 1. The Hall–Kier alpha value is -2.11. The molecule has 0 radical (unpaired) electrons. The number of hydrogen-bond acceptors (Lipinski definition) is 4. The maximum atomic E-state index is 15.1. The molecule has 2 fully saturated rings. The Balaban J connectivity index is 1.87. The van der Waals surface area contributed by atoms with E-state index in [2.05, 4.69) is 23.5 Å². The number of carbonyl (C=O) groups is 1. The summed E-state index contributed by atoms with van der Waals surface area (Å²) < 4.78 is 46.7. The number of rotatable bonds is 5. The second kappa shape index (κ2) is 8.33. The zero-order chi connectivity index (χ0) is 21.2. The third-order valence-corrected chi connectivity index (χ3v) is 7.09. The summed E-state index contributed by atoms with van der Waals surface area (Å²) in [6.45, 7) is 3.94. The van der Waals surface area contributed by atoms with E-state index in [1.165, 1.54) is 12.0 Å². The highest BCUT2D eigenvalue weighted by Crippen LogP contribution is 2.44. The number of methoxy groups -OCH3 is 1. The zero-order valence-corrected chi connectivity index (χ0v) is 17.8. The molecule has 2 aliphatic rings. The maximum absolute atomic E-state index is 15.1. The van der Waals surface area contributed by atoms with E-state index >= 15 is 4.39 Å². The fourth-order valence-electron chi connectivity index (χ4n) is 3.49. The predicted octanol–water partition coefficient (Wildman–Crippen LogP) is 2.67. The van der Waals surface area contributed by atoms with E-state index in [0.29, 0.717) is 24.1 Å². The van der Waals surface area contributed by atoms with Gasteiger partial charge in [0.2, 0.25) is 10.0 Å². The molecule has 1 heterocycles. The van der Waals surface area contributed by atoms with Gasteiger partial charge in [0.15, 0.2) is 0 Å². The van der Waals surface area contributed by atoms with Gasteiger partial charge in [0.1, 0.15) is 5.82 Å². The number of ether oxygens (including phenoxy) is 1. The van der Waals surface area contributed by atoms with Crippen molar-refractivity contribution in [3.8, 4) is 11.8 Å². The van der Waals surface area contributed by atoms with Crippen LogP contribution in [-0.4, -0.2) is 50.9 Å². The molecule has 1 N–H and O–H groups in total. The summed E-state index contributed by atoms with van der Waals surface area (Å²) in [4.78, 5) is 13.6. The van der Waals surface area contributed by atoms with Crippen molar-refractivity contribution < 1.29 is 22.3 Å². The lowest BCUT2D eigenvalue weighted by atomic mass is 9.98. The maximum Gasteiger partial charge on any atom is 0.409 e. The first kappa shape index (κ1) is 21.6. The minimum absolute atomic E-state index is 0.0148. The van der Waals surface area contributed by atoms with Crippen LogP contribution in [0.3, 0.4) is 0 Å². The molecule has 0 bridgehead atoms. The van der Waals surface area contributed by atoms with Crippen molar-refractivity contribution in [3.63, 3.8) is 0 Å². The molecule has 2 unspecified atom stereocenters. The fourth-order valence-corrected chi connectivity index (χ4v) is 4.39. The molecule has 0 aromatic heterocycles. The van der Waals surface area contributed by atoms with E-state index in [0.717, 1.165) is 12.8 Å². The molecule has 1 aromatic carbocycles. The van der Waals surface area contributed by atoms with Crippen LogP contribution in [0.5, 0.6) is 0 Å². The van der Waals surface area contributed by atoms with Crippen molar-refractivity contribution in [3.05, 3.63) is 35.1 Å². The molecule has 1 aliphatic carbocycles. The molecule has 29 heavy (non-hydrogen) atoms. The Labute approximate surface area is 171 Å². The number of benzene rings is 1. The predicted molar refractivity (Wildman–Crippen MR) is 108 cm³/mol. The van der Waals surface area contributed by atoms with Crippen molar-refractivity contribution >= 4 is 16.1 Å². The Morgan fingerprint density at radius 2 is 2.14 bits per heavy atom. The Morgan fingerprint density at radius 3 is 2.76 bits per heavy atom. The van der Waals surface area contributed by atoms with Crippen LogP contribution in [0.1, 0.15) is 44.2 Å². The first-order valence-electron chi connectivity index (χ1n) is 9.83. The van der Waals surface area contributed by atoms with Gasteiger partial charge in [-0.2, -0.15) is 0 Å². The zero-order valence-electron chi connectivity index (χ0n) is 17.0. The van der Waals surface area contributed by atoms with Crippen molar-refractivity contribution in [2.24, 2.45) is 5.41 Å². The van der Waals surface area contributed by atoms with Gasteiger partial charge in [-0.25, -0.2) is 22.3 Å². The molecule has 1 aromatic rings. The monoisotopic (exact) mass is 422 g/mol. The topological polar surface area (TPSA) is 75.7 Å². The first-order chi connectivity index (χ1) is 13.7. The van der Waals surface area contributed by atoms with Gasteiger partial charge < -0.3 is 9.64 Å². The van der Waals surface area contributed by atoms with Crippen LogP contribution in [0.15, 0.2) is 18.2 Å². The van der Waals surface area contributed by atoms with Gasteiger partial charge in [0.25, 0.3) is 0 Å². The average molecular weight is 423 g/mol. The Morgan fingerprint density at radius 1 is 1.41 bits per heavy atom. The van der Waals surface area contributed by atoms with Crippen LogP contribution in [0.25, 0.3) is 0 Å². The lowest BCUT2D eigenvalue weighted by Crippen LogP contribution is -2.48. The molecule has 0 spiro atoms. The summed E-state index contributed by atoms with van der Waals surface area (Å²) in [5.41, 5.74) is 0.710. The van der Waals surface area contributed by atoms with Gasteiger partial charge in [-0.1, -0.05) is 24.0 Å². The molecule has 1 saturated carbocycles. The third-order valence-electron chi connectivity index (χ3n) is 5.67. The number of carbonyl (C=O) groups excluding carboxylic acids is 1. The minimum Gasteiger partial charge on any atom is -0.453 e. The number of nitrogens with one attached hydrogen (secondary N) is 1. The minimum atomic E-state index is -3.47. The van der Waals surface area contributed by atoms with E-state index in [1.54, 1.807) is 25.1 Å². The second-order valence-electron chi connectivity index (χ2n) is 7.94. The van der Waals surface area contributed by atoms with Gasteiger partial charge in [0.05, 0.1) is 24.5 Å². The number of halogens is 1. The number of hydrogen-bond donors (Lipinski definition) is 1. The van der Waals surface area contributed by atoms with E-state index in [4.69, 9.17) is 4.74 Å². The number of nitrogens with zero attached hydrogens (tertiary/aromatic N) is 1. The largest absolute Gasteiger partial charge is 0.453 e. The number of amides is 1. The van der Waals surface area contributed by atoms with E-state index < -0.39 is 34.0 Å². The molecule has 2 atom stereocenters. The smallest absolute Gasteiger partial charge is 0.409 e. The molecular formula is C21H27FN2O4S. The first-order valence-corrected chi connectivity index (χ1v) is 11.5. The SMILES string of the molecule is CCS(=O)(=O)NC1CCN(C(=O)OC)C1Cc1cccc(C#CC2(C)CC2)c1F. The third kappa shape index (κ3) is 5.09. The highest BCUT2D eigenvalue weighted by molar-refractivity contribution is 7.89. The van der Waals surface area contributed by atoms with Crippen molar-refractivity contribution in [1.29, 1.82) is 0 Å². The summed E-state index contributed by atoms with van der Waals surface area (Å²) in [5, 5.41) is 0. The van der Waals surface area contributed by atoms with Crippen LogP contribution < -0.4 is 4.72 Å². The molecule has 8 heteroatoms. The van der Waals surface area contributed by atoms with Gasteiger partial charge >= 0.3 is 6.09 Å². The summed E-state index contributed by atoms with van der Waals surface area (Å²) in [7, 11) is -2.19. The summed E-state index contributed by atoms with van der Waals surface area (Å²) in [6, 6.07) is 3.99. The fraction of sp³-hybridized carbons (Fsp3) is 0.571.